The molecule has 60 valence electrons. The van der Waals surface area contributed by atoms with E-state index in [1.54, 1.807) is 0 Å². The molecular formula is C9H12O2. The molecule has 1 rings (SSSR count). The monoisotopic (exact) mass is 152 g/mol. The van der Waals surface area contributed by atoms with Gasteiger partial charge in [-0.1, -0.05) is 6.92 Å². The van der Waals surface area contributed by atoms with Crippen molar-refractivity contribution >= 4 is 6.29 Å². The maximum atomic E-state index is 10.2. The Labute approximate surface area is 66.2 Å². The summed E-state index contributed by atoms with van der Waals surface area (Å²) in [5.74, 6) is 2.01. The summed E-state index contributed by atoms with van der Waals surface area (Å²) in [6.07, 6.45) is 1.45. The first-order chi connectivity index (χ1) is 5.24. The predicted molar refractivity (Wildman–Crippen MR) is 42.5 cm³/mol. The first-order valence-corrected chi connectivity index (χ1v) is 3.74. The second-order valence-corrected chi connectivity index (χ2v) is 2.75. The van der Waals surface area contributed by atoms with Gasteiger partial charge in [0, 0.05) is 12.3 Å². The van der Waals surface area contributed by atoms with Crippen LogP contribution in [0, 0.1) is 6.92 Å². The van der Waals surface area contributed by atoms with E-state index >= 15 is 0 Å². The fourth-order valence-electron chi connectivity index (χ4n) is 0.979. The van der Waals surface area contributed by atoms with Crippen molar-refractivity contribution in [2.45, 2.75) is 26.2 Å². The van der Waals surface area contributed by atoms with Crippen molar-refractivity contribution in [2.24, 2.45) is 0 Å². The Balaban J connectivity index is 2.67. The molecule has 0 saturated heterocycles. The van der Waals surface area contributed by atoms with E-state index < -0.39 is 0 Å². The summed E-state index contributed by atoms with van der Waals surface area (Å²) in [7, 11) is 0. The summed E-state index contributed by atoms with van der Waals surface area (Å²) >= 11 is 0. The van der Waals surface area contributed by atoms with E-state index in [0.717, 1.165) is 17.8 Å². The highest BCUT2D eigenvalue weighted by Gasteiger charge is 2.07. The number of furan rings is 1. The van der Waals surface area contributed by atoms with Gasteiger partial charge in [-0.05, 0) is 19.1 Å². The van der Waals surface area contributed by atoms with Gasteiger partial charge in [0.2, 0.25) is 0 Å². The van der Waals surface area contributed by atoms with E-state index in [1.807, 2.05) is 26.0 Å². The lowest BCUT2D eigenvalue weighted by Crippen LogP contribution is -1.90. The Morgan fingerprint density at radius 3 is 2.82 bits per heavy atom. The van der Waals surface area contributed by atoms with Gasteiger partial charge in [-0.2, -0.15) is 0 Å². The second kappa shape index (κ2) is 3.37. The lowest BCUT2D eigenvalue weighted by Gasteiger charge is -2.01. The third-order valence-electron chi connectivity index (χ3n) is 1.70. The first kappa shape index (κ1) is 8.05. The van der Waals surface area contributed by atoms with Crippen molar-refractivity contribution in [1.82, 2.24) is 0 Å². The van der Waals surface area contributed by atoms with E-state index in [2.05, 4.69) is 0 Å². The molecule has 0 aliphatic rings. The van der Waals surface area contributed by atoms with Crippen LogP contribution in [-0.2, 0) is 4.79 Å². The summed E-state index contributed by atoms with van der Waals surface area (Å²) in [6, 6.07) is 3.83. The van der Waals surface area contributed by atoms with Crippen molar-refractivity contribution in [2.75, 3.05) is 0 Å². The quantitative estimate of drug-likeness (QED) is 0.622. The summed E-state index contributed by atoms with van der Waals surface area (Å²) in [6.45, 7) is 3.88. The standard InChI is InChI=1S/C9H12O2/c1-7(5-6-10)9-4-3-8(2)11-9/h3-4,6-7H,5H2,1-2H3/t7-/m0/s1. The Morgan fingerprint density at radius 1 is 1.64 bits per heavy atom. The van der Waals surface area contributed by atoms with E-state index in [0.29, 0.717) is 6.42 Å². The molecule has 11 heavy (non-hydrogen) atoms. The summed E-state index contributed by atoms with van der Waals surface area (Å²) in [5, 5.41) is 0. The van der Waals surface area contributed by atoms with Crippen molar-refractivity contribution in [3.05, 3.63) is 23.7 Å². The molecule has 0 aromatic carbocycles. The largest absolute Gasteiger partial charge is 0.466 e. The van der Waals surface area contributed by atoms with Gasteiger partial charge in [-0.15, -0.1) is 0 Å². The molecule has 0 spiro atoms. The molecule has 0 N–H and O–H groups in total. The van der Waals surface area contributed by atoms with Crippen LogP contribution in [0.15, 0.2) is 16.5 Å². The van der Waals surface area contributed by atoms with Crippen LogP contribution in [0.4, 0.5) is 0 Å². The number of aldehydes is 1. The van der Waals surface area contributed by atoms with Crippen molar-refractivity contribution in [3.63, 3.8) is 0 Å². The highest BCUT2D eigenvalue weighted by molar-refractivity contribution is 5.50. The van der Waals surface area contributed by atoms with Crippen molar-refractivity contribution < 1.29 is 9.21 Å². The van der Waals surface area contributed by atoms with Crippen LogP contribution in [0.3, 0.4) is 0 Å². The predicted octanol–water partition coefficient (Wildman–Crippen LogP) is 2.28. The van der Waals surface area contributed by atoms with Crippen LogP contribution in [0.25, 0.3) is 0 Å². The van der Waals surface area contributed by atoms with Crippen molar-refractivity contribution in [1.29, 1.82) is 0 Å². The second-order valence-electron chi connectivity index (χ2n) is 2.75. The van der Waals surface area contributed by atoms with Crippen LogP contribution in [0.5, 0.6) is 0 Å². The molecule has 0 unspecified atom stereocenters. The van der Waals surface area contributed by atoms with E-state index in [9.17, 15) is 4.79 Å². The molecular weight excluding hydrogens is 140 g/mol. The minimum absolute atomic E-state index is 0.209. The molecule has 2 nitrogen and oxygen atoms in total. The first-order valence-electron chi connectivity index (χ1n) is 3.74. The van der Waals surface area contributed by atoms with E-state index in [4.69, 9.17) is 4.42 Å². The SMILES string of the molecule is Cc1ccc([C@@H](C)CC=O)o1. The highest BCUT2D eigenvalue weighted by atomic mass is 16.3. The third-order valence-corrected chi connectivity index (χ3v) is 1.70. The molecule has 0 amide bonds. The lowest BCUT2D eigenvalue weighted by atomic mass is 10.1. The van der Waals surface area contributed by atoms with Gasteiger partial charge in [0.15, 0.2) is 0 Å². The van der Waals surface area contributed by atoms with Crippen molar-refractivity contribution in [3.8, 4) is 0 Å². The van der Waals surface area contributed by atoms with Gasteiger partial charge in [-0.25, -0.2) is 0 Å². The molecule has 0 aliphatic heterocycles. The minimum atomic E-state index is 0.209. The number of rotatable bonds is 3. The van der Waals surface area contributed by atoms with Gasteiger partial charge < -0.3 is 9.21 Å². The Hall–Kier alpha value is -1.05. The summed E-state index contributed by atoms with van der Waals surface area (Å²) in [5.41, 5.74) is 0. The molecule has 1 aromatic rings. The Morgan fingerprint density at radius 2 is 2.36 bits per heavy atom. The third kappa shape index (κ3) is 1.93. The van der Waals surface area contributed by atoms with E-state index in [1.165, 1.54) is 0 Å². The fraction of sp³-hybridized carbons (Fsp3) is 0.444. The van der Waals surface area contributed by atoms with Gasteiger partial charge in [0.25, 0.3) is 0 Å². The number of carbonyl (C=O) groups is 1. The Bertz CT molecular complexity index is 237. The smallest absolute Gasteiger partial charge is 0.120 e. The molecule has 0 bridgehead atoms. The molecule has 1 heterocycles. The van der Waals surface area contributed by atoms with Gasteiger partial charge >= 0.3 is 0 Å². The lowest BCUT2D eigenvalue weighted by molar-refractivity contribution is -0.108. The van der Waals surface area contributed by atoms with Crippen LogP contribution in [-0.4, -0.2) is 6.29 Å². The van der Waals surface area contributed by atoms with Crippen LogP contribution >= 0.6 is 0 Å². The maximum absolute atomic E-state index is 10.2. The zero-order chi connectivity index (χ0) is 8.27. The number of hydrogen-bond acceptors (Lipinski definition) is 2. The summed E-state index contributed by atoms with van der Waals surface area (Å²) in [4.78, 5) is 10.2. The zero-order valence-electron chi connectivity index (χ0n) is 6.83. The van der Waals surface area contributed by atoms with Crippen LogP contribution in [0.2, 0.25) is 0 Å². The Kier molecular flexibility index (Phi) is 2.47. The molecule has 1 atom stereocenters. The van der Waals surface area contributed by atoms with E-state index in [-0.39, 0.29) is 5.92 Å². The summed E-state index contributed by atoms with van der Waals surface area (Å²) < 4.78 is 5.34. The fourth-order valence-corrected chi connectivity index (χ4v) is 0.979. The maximum Gasteiger partial charge on any atom is 0.120 e. The molecule has 0 fully saturated rings. The van der Waals surface area contributed by atoms with Gasteiger partial charge in [-0.3, -0.25) is 0 Å². The average Bonchev–Trinajstić information content (AvgIpc) is 2.36. The van der Waals surface area contributed by atoms with Crippen LogP contribution < -0.4 is 0 Å². The topological polar surface area (TPSA) is 30.2 Å². The van der Waals surface area contributed by atoms with Crippen LogP contribution in [0.1, 0.15) is 30.8 Å². The van der Waals surface area contributed by atoms with Gasteiger partial charge in [0.1, 0.15) is 17.8 Å². The molecule has 0 aliphatic carbocycles. The molecule has 0 radical (unpaired) electrons. The number of hydrogen-bond donors (Lipinski definition) is 0. The molecule has 0 saturated carbocycles. The number of carbonyl (C=O) groups excluding carboxylic acids is 1. The molecule has 2 heteroatoms. The average molecular weight is 152 g/mol. The molecule has 1 aromatic heterocycles. The highest BCUT2D eigenvalue weighted by Crippen LogP contribution is 2.19. The number of aryl methyl sites for hydroxylation is 1. The minimum Gasteiger partial charge on any atom is -0.466 e. The van der Waals surface area contributed by atoms with Gasteiger partial charge in [0.05, 0.1) is 0 Å². The normalized spacial score (nSPS) is 12.9. The zero-order valence-corrected chi connectivity index (χ0v) is 6.83.